The number of esters is 1. The average molecular weight is 582 g/mol. The number of carbonyl (C=O) groups excluding carboxylic acids is 4. The van der Waals surface area contributed by atoms with Crippen LogP contribution in [0.5, 0.6) is 5.75 Å². The second kappa shape index (κ2) is 12.7. The van der Waals surface area contributed by atoms with Gasteiger partial charge >= 0.3 is 5.97 Å². The molecule has 1 aliphatic rings. The molecule has 0 radical (unpaired) electrons. The molecule has 3 aromatic rings. The lowest BCUT2D eigenvalue weighted by Crippen LogP contribution is -2.32. The number of nitrogens with one attached hydrogen (secondary N) is 2. The van der Waals surface area contributed by atoms with Gasteiger partial charge in [-0.15, -0.1) is 0 Å². The fraction of sp³-hybridized carbons (Fsp3) is 0.172. The van der Waals surface area contributed by atoms with Crippen molar-refractivity contribution in [3.63, 3.8) is 0 Å². The molecule has 0 saturated heterocycles. The third-order valence-corrected chi connectivity index (χ3v) is 6.51. The van der Waals surface area contributed by atoms with Crippen LogP contribution < -0.4 is 20.3 Å². The van der Waals surface area contributed by atoms with Crippen LogP contribution in [0.1, 0.15) is 40.5 Å². The topological polar surface area (TPSA) is 114 Å². The minimum Gasteiger partial charge on any atom is -0.495 e. The van der Waals surface area contributed by atoms with Crippen LogP contribution in [0.4, 0.5) is 17.1 Å². The van der Waals surface area contributed by atoms with Crippen molar-refractivity contribution in [3.05, 3.63) is 93.6 Å². The molecule has 11 heteroatoms. The van der Waals surface area contributed by atoms with E-state index in [1.807, 2.05) is 6.92 Å². The number of amides is 3. The van der Waals surface area contributed by atoms with Gasteiger partial charge in [0.25, 0.3) is 17.7 Å². The Kier molecular flexibility index (Phi) is 9.08. The molecule has 206 valence electrons. The van der Waals surface area contributed by atoms with Crippen LogP contribution in [0.15, 0.2) is 77.5 Å². The quantitative estimate of drug-likeness (QED) is 0.171. The van der Waals surface area contributed by atoms with Crippen LogP contribution in [-0.2, 0) is 14.3 Å². The lowest BCUT2D eigenvalue weighted by atomic mass is 10.1. The van der Waals surface area contributed by atoms with Crippen molar-refractivity contribution in [2.24, 2.45) is 0 Å². The maximum Gasteiger partial charge on any atom is 0.338 e. The Bertz CT molecular complexity index is 1500. The minimum atomic E-state index is -0.739. The van der Waals surface area contributed by atoms with Crippen molar-refractivity contribution in [1.82, 2.24) is 0 Å². The van der Waals surface area contributed by atoms with E-state index in [4.69, 9.17) is 32.7 Å². The average Bonchev–Trinajstić information content (AvgIpc) is 3.16. The number of carbonyl (C=O) groups is 4. The van der Waals surface area contributed by atoms with Crippen LogP contribution in [0.3, 0.4) is 0 Å². The highest BCUT2D eigenvalue weighted by molar-refractivity contribution is 6.53. The number of rotatable bonds is 10. The fourth-order valence-electron chi connectivity index (χ4n) is 3.83. The smallest absolute Gasteiger partial charge is 0.338 e. The standard InChI is InChI=1S/C29H25Cl2N3O6/c1-3-4-14-40-29(38)18-6-5-7-21(15-18)34-27(36)24(31)25(28(34)37)32-20-11-8-17(9-12-20)26(35)33-22-16-19(30)10-13-23(22)39-2/h5-13,15-16,32H,3-4,14H2,1-2H3,(H,33,35). The molecule has 0 spiro atoms. The summed E-state index contributed by atoms with van der Waals surface area (Å²) in [7, 11) is 1.48. The van der Waals surface area contributed by atoms with E-state index in [2.05, 4.69) is 10.6 Å². The first-order valence-corrected chi connectivity index (χ1v) is 13.1. The molecule has 3 amide bonds. The molecule has 40 heavy (non-hydrogen) atoms. The number of unbranched alkanes of at least 4 members (excludes halogenated alkanes) is 1. The molecule has 1 heterocycles. The van der Waals surface area contributed by atoms with Gasteiger partial charge < -0.3 is 20.1 Å². The second-order valence-corrected chi connectivity index (χ2v) is 9.49. The molecule has 2 N–H and O–H groups in total. The SMILES string of the molecule is CCCCOC(=O)c1cccc(N2C(=O)C(Cl)=C(Nc3ccc(C(=O)Nc4cc(Cl)ccc4OC)cc3)C2=O)c1. The van der Waals surface area contributed by atoms with E-state index in [0.29, 0.717) is 27.7 Å². The van der Waals surface area contributed by atoms with Gasteiger partial charge in [0.1, 0.15) is 16.5 Å². The zero-order valence-electron chi connectivity index (χ0n) is 21.6. The Balaban J connectivity index is 1.46. The van der Waals surface area contributed by atoms with Crippen LogP contribution in [0, 0.1) is 0 Å². The molecule has 0 aromatic heterocycles. The number of hydrogen-bond acceptors (Lipinski definition) is 7. The zero-order chi connectivity index (χ0) is 28.8. The summed E-state index contributed by atoms with van der Waals surface area (Å²) in [5.74, 6) is -1.94. The summed E-state index contributed by atoms with van der Waals surface area (Å²) in [6, 6.07) is 17.1. The van der Waals surface area contributed by atoms with Gasteiger partial charge in [0, 0.05) is 16.3 Å². The zero-order valence-corrected chi connectivity index (χ0v) is 23.1. The summed E-state index contributed by atoms with van der Waals surface area (Å²) in [6.07, 6.45) is 1.60. The molecule has 0 atom stereocenters. The summed E-state index contributed by atoms with van der Waals surface area (Å²) in [6.45, 7) is 2.25. The van der Waals surface area contributed by atoms with Crippen molar-refractivity contribution >= 4 is 64.0 Å². The van der Waals surface area contributed by atoms with Crippen LogP contribution >= 0.6 is 23.2 Å². The number of methoxy groups -OCH3 is 1. The Hall–Kier alpha value is -4.34. The van der Waals surface area contributed by atoms with Gasteiger partial charge in [0.15, 0.2) is 0 Å². The number of hydrogen-bond donors (Lipinski definition) is 2. The van der Waals surface area contributed by atoms with Gasteiger partial charge in [-0.3, -0.25) is 14.4 Å². The second-order valence-electron chi connectivity index (χ2n) is 8.68. The first-order valence-electron chi connectivity index (χ1n) is 12.3. The molecule has 3 aromatic carbocycles. The normalized spacial score (nSPS) is 12.9. The number of nitrogens with zero attached hydrogens (tertiary/aromatic N) is 1. The number of benzene rings is 3. The highest BCUT2D eigenvalue weighted by Crippen LogP contribution is 2.31. The van der Waals surface area contributed by atoms with Crippen molar-refractivity contribution < 1.29 is 28.7 Å². The monoisotopic (exact) mass is 581 g/mol. The van der Waals surface area contributed by atoms with Gasteiger partial charge in [-0.2, -0.15) is 0 Å². The fourth-order valence-corrected chi connectivity index (χ4v) is 4.22. The van der Waals surface area contributed by atoms with Crippen LogP contribution in [0.2, 0.25) is 5.02 Å². The highest BCUT2D eigenvalue weighted by Gasteiger charge is 2.39. The predicted molar refractivity (Wildman–Crippen MR) is 153 cm³/mol. The molecule has 9 nitrogen and oxygen atoms in total. The van der Waals surface area contributed by atoms with Crippen molar-refractivity contribution in [2.45, 2.75) is 19.8 Å². The van der Waals surface area contributed by atoms with E-state index < -0.39 is 23.7 Å². The van der Waals surface area contributed by atoms with E-state index in [-0.39, 0.29) is 28.6 Å². The Morgan fingerprint density at radius 2 is 1.68 bits per heavy atom. The summed E-state index contributed by atoms with van der Waals surface area (Å²) >= 11 is 12.3. The lowest BCUT2D eigenvalue weighted by Gasteiger charge is -2.16. The van der Waals surface area contributed by atoms with Gasteiger partial charge in [0.05, 0.1) is 30.7 Å². The Morgan fingerprint density at radius 3 is 2.38 bits per heavy atom. The lowest BCUT2D eigenvalue weighted by molar-refractivity contribution is -0.120. The van der Waals surface area contributed by atoms with E-state index in [1.165, 1.54) is 37.4 Å². The van der Waals surface area contributed by atoms with E-state index >= 15 is 0 Å². The highest BCUT2D eigenvalue weighted by atomic mass is 35.5. The van der Waals surface area contributed by atoms with Gasteiger partial charge in [0.2, 0.25) is 0 Å². The van der Waals surface area contributed by atoms with E-state index in [0.717, 1.165) is 17.7 Å². The first-order chi connectivity index (χ1) is 19.2. The summed E-state index contributed by atoms with van der Waals surface area (Å²) in [5, 5.41) is 5.73. The van der Waals surface area contributed by atoms with Gasteiger partial charge in [-0.1, -0.05) is 42.6 Å². The van der Waals surface area contributed by atoms with Crippen molar-refractivity contribution in [3.8, 4) is 5.75 Å². The van der Waals surface area contributed by atoms with Gasteiger partial charge in [-0.25, -0.2) is 9.69 Å². The summed E-state index contributed by atoms with van der Waals surface area (Å²) < 4.78 is 10.5. The summed E-state index contributed by atoms with van der Waals surface area (Å²) in [4.78, 5) is 52.0. The largest absolute Gasteiger partial charge is 0.495 e. The molecule has 4 rings (SSSR count). The molecular formula is C29H25Cl2N3O6. The third-order valence-electron chi connectivity index (χ3n) is 5.92. The predicted octanol–water partition coefficient (Wildman–Crippen LogP) is 5.99. The summed E-state index contributed by atoms with van der Waals surface area (Å²) in [5.41, 5.74) is 1.40. The molecule has 0 fully saturated rings. The van der Waals surface area contributed by atoms with E-state index in [1.54, 1.807) is 36.4 Å². The van der Waals surface area contributed by atoms with Crippen molar-refractivity contribution in [1.29, 1.82) is 0 Å². The minimum absolute atomic E-state index is 0.136. The Labute approximate surface area is 240 Å². The molecule has 0 aliphatic carbocycles. The van der Waals surface area contributed by atoms with Gasteiger partial charge in [-0.05, 0) is 67.1 Å². The van der Waals surface area contributed by atoms with Crippen LogP contribution in [0.25, 0.3) is 0 Å². The number of halogens is 2. The van der Waals surface area contributed by atoms with Crippen molar-refractivity contribution in [2.75, 3.05) is 29.3 Å². The Morgan fingerprint density at radius 1 is 0.925 bits per heavy atom. The number of anilines is 3. The maximum atomic E-state index is 13.2. The number of imide groups is 1. The maximum absolute atomic E-state index is 13.2. The first kappa shape index (κ1) is 28.7. The molecular weight excluding hydrogens is 557 g/mol. The van der Waals surface area contributed by atoms with E-state index in [9.17, 15) is 19.2 Å². The molecule has 0 unspecified atom stereocenters. The van der Waals surface area contributed by atoms with Crippen LogP contribution in [-0.4, -0.2) is 37.4 Å². The third kappa shape index (κ3) is 6.27. The molecule has 1 aliphatic heterocycles. The number of ether oxygens (including phenoxy) is 2. The molecule has 0 saturated carbocycles. The molecule has 0 bridgehead atoms.